The lowest BCUT2D eigenvalue weighted by atomic mass is 10.1. The van der Waals surface area contributed by atoms with Gasteiger partial charge in [0.15, 0.2) is 0 Å². The van der Waals surface area contributed by atoms with Crippen molar-refractivity contribution in [2.75, 3.05) is 11.9 Å². The minimum Gasteiger partial charge on any atom is -0.507 e. The number of piperidine rings is 1. The molecule has 0 radical (unpaired) electrons. The van der Waals surface area contributed by atoms with Crippen LogP contribution < -0.4 is 10.6 Å². The number of alkyl halides is 3. The van der Waals surface area contributed by atoms with Crippen LogP contribution in [0.1, 0.15) is 24.1 Å². The molecule has 1 saturated heterocycles. The first kappa shape index (κ1) is 17.9. The number of carbonyl (C=O) groups is 1. The van der Waals surface area contributed by atoms with Gasteiger partial charge in [0.2, 0.25) is 11.9 Å². The van der Waals surface area contributed by atoms with Gasteiger partial charge in [0, 0.05) is 12.1 Å². The summed E-state index contributed by atoms with van der Waals surface area (Å²) in [6, 6.07) is 2.15. The highest BCUT2D eigenvalue weighted by atomic mass is 19.4. The summed E-state index contributed by atoms with van der Waals surface area (Å²) in [6.45, 7) is 2.22. The van der Waals surface area contributed by atoms with Crippen molar-refractivity contribution in [3.8, 4) is 17.0 Å². The first-order valence-electron chi connectivity index (χ1n) is 7.92. The van der Waals surface area contributed by atoms with Crippen LogP contribution in [-0.2, 0) is 11.0 Å². The van der Waals surface area contributed by atoms with Gasteiger partial charge in [0.1, 0.15) is 17.5 Å². The van der Waals surface area contributed by atoms with E-state index < -0.39 is 23.5 Å². The standard InChI is InChI=1S/C16H16F3N5O2/c1-8-13(10-5-4-9(7-12(10)25)16(17,18)19)23-24-15(21-8)22-11-3-2-6-20-14(11)26/h4-5,7,11,25H,2-3,6H2,1H3,(H,20,26)(H,21,22,24)/t11-/m0/s1. The monoisotopic (exact) mass is 367 g/mol. The zero-order valence-electron chi connectivity index (χ0n) is 13.8. The van der Waals surface area contributed by atoms with Crippen LogP contribution >= 0.6 is 0 Å². The molecule has 2 aromatic rings. The fourth-order valence-corrected chi connectivity index (χ4v) is 2.69. The summed E-state index contributed by atoms with van der Waals surface area (Å²) in [5, 5.41) is 23.4. The molecule has 1 aromatic carbocycles. The summed E-state index contributed by atoms with van der Waals surface area (Å²) in [4.78, 5) is 15.9. The van der Waals surface area contributed by atoms with Crippen LogP contribution in [0.25, 0.3) is 11.3 Å². The highest BCUT2D eigenvalue weighted by Gasteiger charge is 2.31. The second kappa shape index (κ2) is 6.77. The molecule has 138 valence electrons. The van der Waals surface area contributed by atoms with Gasteiger partial charge in [-0.15, -0.1) is 10.2 Å². The molecule has 1 aromatic heterocycles. The molecule has 3 rings (SSSR count). The summed E-state index contributed by atoms with van der Waals surface area (Å²) < 4.78 is 38.1. The minimum absolute atomic E-state index is 0.0949. The lowest BCUT2D eigenvalue weighted by Crippen LogP contribution is -2.44. The Bertz CT molecular complexity index is 841. The Morgan fingerprint density at radius 1 is 1.31 bits per heavy atom. The van der Waals surface area contributed by atoms with E-state index in [9.17, 15) is 23.1 Å². The number of aryl methyl sites for hydroxylation is 1. The van der Waals surface area contributed by atoms with E-state index in [1.54, 1.807) is 6.92 Å². The predicted molar refractivity (Wildman–Crippen MR) is 86.3 cm³/mol. The second-order valence-corrected chi connectivity index (χ2v) is 5.93. The van der Waals surface area contributed by atoms with Crippen LogP contribution in [0, 0.1) is 6.92 Å². The smallest absolute Gasteiger partial charge is 0.416 e. The molecular formula is C16H16F3N5O2. The summed E-state index contributed by atoms with van der Waals surface area (Å²) in [6.07, 6.45) is -3.09. The number of aromatic nitrogens is 3. The van der Waals surface area contributed by atoms with Gasteiger partial charge in [-0.25, -0.2) is 4.98 Å². The third kappa shape index (κ3) is 3.68. The lowest BCUT2D eigenvalue weighted by Gasteiger charge is -2.22. The molecule has 1 amide bonds. The predicted octanol–water partition coefficient (Wildman–Crippen LogP) is 2.26. The third-order valence-electron chi connectivity index (χ3n) is 4.03. The van der Waals surface area contributed by atoms with Gasteiger partial charge in [-0.05, 0) is 38.0 Å². The molecule has 10 heteroatoms. The van der Waals surface area contributed by atoms with Crippen molar-refractivity contribution in [3.05, 3.63) is 29.5 Å². The van der Waals surface area contributed by atoms with E-state index in [1.807, 2.05) is 0 Å². The van der Waals surface area contributed by atoms with Crippen molar-refractivity contribution in [2.24, 2.45) is 0 Å². The maximum Gasteiger partial charge on any atom is 0.416 e. The number of nitrogens with one attached hydrogen (secondary N) is 2. The Morgan fingerprint density at radius 3 is 2.69 bits per heavy atom. The van der Waals surface area contributed by atoms with Crippen LogP contribution in [0.2, 0.25) is 0 Å². The third-order valence-corrected chi connectivity index (χ3v) is 4.03. The Hall–Kier alpha value is -2.91. The van der Waals surface area contributed by atoms with Crippen LogP contribution in [0.15, 0.2) is 18.2 Å². The number of anilines is 1. The van der Waals surface area contributed by atoms with Crippen molar-refractivity contribution in [3.63, 3.8) is 0 Å². The molecule has 3 N–H and O–H groups in total. The molecule has 26 heavy (non-hydrogen) atoms. The average molecular weight is 367 g/mol. The van der Waals surface area contributed by atoms with Crippen LogP contribution in [-0.4, -0.2) is 38.8 Å². The summed E-state index contributed by atoms with van der Waals surface area (Å²) >= 11 is 0. The molecule has 1 fully saturated rings. The fourth-order valence-electron chi connectivity index (χ4n) is 2.69. The van der Waals surface area contributed by atoms with Crippen molar-refractivity contribution in [1.29, 1.82) is 0 Å². The molecule has 1 aliphatic rings. The largest absolute Gasteiger partial charge is 0.507 e. The second-order valence-electron chi connectivity index (χ2n) is 5.93. The Labute approximate surface area is 146 Å². The Morgan fingerprint density at radius 2 is 2.08 bits per heavy atom. The lowest BCUT2D eigenvalue weighted by molar-refractivity contribution is -0.137. The van der Waals surface area contributed by atoms with E-state index in [1.165, 1.54) is 0 Å². The van der Waals surface area contributed by atoms with E-state index in [4.69, 9.17) is 0 Å². The molecule has 1 atom stereocenters. The molecule has 0 bridgehead atoms. The number of amides is 1. The molecule has 0 unspecified atom stereocenters. The van der Waals surface area contributed by atoms with Crippen LogP contribution in [0.4, 0.5) is 19.1 Å². The zero-order valence-corrected chi connectivity index (χ0v) is 13.8. The van der Waals surface area contributed by atoms with E-state index in [-0.39, 0.29) is 23.1 Å². The number of nitrogens with zero attached hydrogens (tertiary/aromatic N) is 3. The first-order chi connectivity index (χ1) is 12.3. The molecule has 0 spiro atoms. The Balaban J connectivity index is 1.85. The van der Waals surface area contributed by atoms with E-state index in [2.05, 4.69) is 25.8 Å². The van der Waals surface area contributed by atoms with E-state index in [0.29, 0.717) is 24.7 Å². The number of hydrogen-bond acceptors (Lipinski definition) is 6. The summed E-state index contributed by atoms with van der Waals surface area (Å²) in [7, 11) is 0. The van der Waals surface area contributed by atoms with E-state index >= 15 is 0 Å². The number of halogens is 3. The quantitative estimate of drug-likeness (QED) is 0.770. The number of carbonyl (C=O) groups excluding carboxylic acids is 1. The highest BCUT2D eigenvalue weighted by Crippen LogP contribution is 2.36. The maximum atomic E-state index is 12.7. The number of phenolic OH excluding ortho intramolecular Hbond substituents is 1. The average Bonchev–Trinajstić information content (AvgIpc) is 2.57. The summed E-state index contributed by atoms with van der Waals surface area (Å²) in [5.41, 5.74) is -0.347. The SMILES string of the molecule is Cc1nc(N[C@H]2CCCNC2=O)nnc1-c1ccc(C(F)(F)F)cc1O. The number of hydrogen-bond donors (Lipinski definition) is 3. The van der Waals surface area contributed by atoms with Gasteiger partial charge in [-0.2, -0.15) is 13.2 Å². The van der Waals surface area contributed by atoms with Crippen molar-refractivity contribution in [2.45, 2.75) is 32.0 Å². The number of phenols is 1. The molecular weight excluding hydrogens is 351 g/mol. The van der Waals surface area contributed by atoms with Crippen LogP contribution in [0.3, 0.4) is 0 Å². The highest BCUT2D eigenvalue weighted by molar-refractivity contribution is 5.84. The fraction of sp³-hybridized carbons (Fsp3) is 0.375. The molecule has 2 heterocycles. The zero-order chi connectivity index (χ0) is 18.9. The Kier molecular flexibility index (Phi) is 4.66. The summed E-state index contributed by atoms with van der Waals surface area (Å²) in [5.74, 6) is -0.576. The molecule has 1 aliphatic heterocycles. The maximum absolute atomic E-state index is 12.7. The van der Waals surface area contributed by atoms with E-state index in [0.717, 1.165) is 18.6 Å². The van der Waals surface area contributed by atoms with Crippen molar-refractivity contribution < 1.29 is 23.1 Å². The van der Waals surface area contributed by atoms with Gasteiger partial charge in [0.25, 0.3) is 0 Å². The van der Waals surface area contributed by atoms with Crippen LogP contribution in [0.5, 0.6) is 5.75 Å². The van der Waals surface area contributed by atoms with Gasteiger partial charge in [-0.1, -0.05) is 0 Å². The van der Waals surface area contributed by atoms with Crippen molar-refractivity contribution >= 4 is 11.9 Å². The van der Waals surface area contributed by atoms with Crippen molar-refractivity contribution in [1.82, 2.24) is 20.5 Å². The normalized spacial score (nSPS) is 17.7. The topological polar surface area (TPSA) is 100 Å². The van der Waals surface area contributed by atoms with Gasteiger partial charge >= 0.3 is 6.18 Å². The number of aromatic hydroxyl groups is 1. The molecule has 0 aliphatic carbocycles. The van der Waals surface area contributed by atoms with Gasteiger partial charge < -0.3 is 15.7 Å². The first-order valence-corrected chi connectivity index (χ1v) is 7.92. The number of benzene rings is 1. The van der Waals surface area contributed by atoms with Gasteiger partial charge in [0.05, 0.1) is 11.3 Å². The molecule has 7 nitrogen and oxygen atoms in total. The van der Waals surface area contributed by atoms with Gasteiger partial charge in [-0.3, -0.25) is 4.79 Å². The minimum atomic E-state index is -4.55. The number of rotatable bonds is 3. The molecule has 0 saturated carbocycles.